The fraction of sp³-hybridized carbons (Fsp3) is 0.308. The van der Waals surface area contributed by atoms with Gasteiger partial charge in [-0.05, 0) is 31.9 Å². The Labute approximate surface area is 186 Å². The van der Waals surface area contributed by atoms with Crippen LogP contribution in [-0.4, -0.2) is 20.3 Å². The number of rotatable bonds is 2. The minimum Gasteiger partial charge on any atom is -0.365 e. The summed E-state index contributed by atoms with van der Waals surface area (Å²) in [5.41, 5.74) is 4.34. The minimum absolute atomic E-state index is 0.289. The zero-order valence-corrected chi connectivity index (χ0v) is 19.0. The Hall–Kier alpha value is -3.38. The third-order valence-electron chi connectivity index (χ3n) is 6.46. The molecule has 1 aliphatic rings. The first-order valence-electron chi connectivity index (χ1n) is 10.8. The van der Waals surface area contributed by atoms with Gasteiger partial charge in [-0.25, -0.2) is 4.79 Å². The van der Waals surface area contributed by atoms with Crippen molar-refractivity contribution in [1.29, 1.82) is 0 Å². The van der Waals surface area contributed by atoms with Crippen molar-refractivity contribution in [2.75, 3.05) is 6.61 Å². The SMILES string of the molecule is Cc1cccc([C@@H]2OCC(C)(C)n3c(-c4ccccc4)c4c(=O)n(C)c(=O)n(C)c4c32)c1. The predicted octanol–water partition coefficient (Wildman–Crippen LogP) is 3.87. The van der Waals surface area contributed by atoms with Crippen LogP contribution in [0.25, 0.3) is 22.2 Å². The maximum absolute atomic E-state index is 13.5. The molecule has 0 amide bonds. The first-order valence-corrected chi connectivity index (χ1v) is 10.8. The summed E-state index contributed by atoms with van der Waals surface area (Å²) in [4.78, 5) is 26.5. The van der Waals surface area contributed by atoms with Gasteiger partial charge in [-0.3, -0.25) is 13.9 Å². The largest absolute Gasteiger partial charge is 0.365 e. The zero-order chi connectivity index (χ0) is 22.8. The number of aryl methyl sites for hydroxylation is 2. The van der Waals surface area contributed by atoms with Crippen LogP contribution in [0, 0.1) is 6.92 Å². The van der Waals surface area contributed by atoms with Gasteiger partial charge < -0.3 is 9.30 Å². The number of hydrogen-bond acceptors (Lipinski definition) is 3. The summed E-state index contributed by atoms with van der Waals surface area (Å²) in [6.45, 7) is 6.75. The molecular weight excluding hydrogens is 402 g/mol. The molecule has 2 aromatic carbocycles. The Morgan fingerprint density at radius 3 is 2.38 bits per heavy atom. The second kappa shape index (κ2) is 7.07. The van der Waals surface area contributed by atoms with Gasteiger partial charge in [0.25, 0.3) is 5.56 Å². The van der Waals surface area contributed by atoms with Crippen molar-refractivity contribution in [2.24, 2.45) is 14.1 Å². The van der Waals surface area contributed by atoms with E-state index in [1.165, 1.54) is 11.6 Å². The van der Waals surface area contributed by atoms with Gasteiger partial charge in [0, 0.05) is 14.1 Å². The predicted molar refractivity (Wildman–Crippen MR) is 126 cm³/mol. The minimum atomic E-state index is -0.416. The normalized spacial score (nSPS) is 17.5. The van der Waals surface area contributed by atoms with E-state index in [0.717, 1.165) is 28.1 Å². The van der Waals surface area contributed by atoms with Crippen LogP contribution in [0.2, 0.25) is 0 Å². The lowest BCUT2D eigenvalue weighted by Gasteiger charge is -2.39. The van der Waals surface area contributed by atoms with Crippen LogP contribution in [-0.2, 0) is 24.4 Å². The van der Waals surface area contributed by atoms with Crippen LogP contribution in [0.3, 0.4) is 0 Å². The average Bonchev–Trinajstić information content (AvgIpc) is 3.14. The molecule has 32 heavy (non-hydrogen) atoms. The van der Waals surface area contributed by atoms with Crippen LogP contribution >= 0.6 is 0 Å². The van der Waals surface area contributed by atoms with Crippen LogP contribution in [0.1, 0.15) is 36.8 Å². The average molecular weight is 430 g/mol. The molecule has 0 aliphatic carbocycles. The third kappa shape index (κ3) is 2.83. The summed E-state index contributed by atoms with van der Waals surface area (Å²) in [7, 11) is 3.27. The number of fused-ring (bicyclic) bond motifs is 3. The molecule has 1 atom stereocenters. The Balaban J connectivity index is 2.02. The van der Waals surface area contributed by atoms with Crippen molar-refractivity contribution in [3.63, 3.8) is 0 Å². The number of nitrogens with zero attached hydrogens (tertiary/aromatic N) is 3. The molecule has 6 nitrogen and oxygen atoms in total. The van der Waals surface area contributed by atoms with E-state index in [0.29, 0.717) is 17.5 Å². The van der Waals surface area contributed by atoms with E-state index in [1.54, 1.807) is 11.6 Å². The number of aromatic nitrogens is 3. The molecule has 0 bridgehead atoms. The molecular formula is C26H27N3O3. The molecule has 0 saturated carbocycles. The fourth-order valence-electron chi connectivity index (χ4n) is 4.95. The van der Waals surface area contributed by atoms with Crippen molar-refractivity contribution in [3.05, 3.63) is 92.3 Å². The zero-order valence-electron chi connectivity index (χ0n) is 19.0. The van der Waals surface area contributed by atoms with Gasteiger partial charge in [0.05, 0.1) is 34.4 Å². The van der Waals surface area contributed by atoms with E-state index < -0.39 is 5.54 Å². The number of hydrogen-bond donors (Lipinski definition) is 0. The summed E-state index contributed by atoms with van der Waals surface area (Å²) in [6.07, 6.45) is -0.388. The Morgan fingerprint density at radius 2 is 1.69 bits per heavy atom. The third-order valence-corrected chi connectivity index (χ3v) is 6.46. The maximum Gasteiger partial charge on any atom is 0.331 e. The van der Waals surface area contributed by atoms with E-state index in [4.69, 9.17) is 4.74 Å². The summed E-state index contributed by atoms with van der Waals surface area (Å²) < 4.78 is 11.4. The molecule has 1 aliphatic heterocycles. The summed E-state index contributed by atoms with van der Waals surface area (Å²) in [5, 5.41) is 0.548. The summed E-state index contributed by atoms with van der Waals surface area (Å²) in [5.74, 6) is 0. The molecule has 0 unspecified atom stereocenters. The summed E-state index contributed by atoms with van der Waals surface area (Å²) in [6, 6.07) is 18.1. The van der Waals surface area contributed by atoms with Crippen molar-refractivity contribution in [3.8, 4) is 11.3 Å². The van der Waals surface area contributed by atoms with Gasteiger partial charge in [-0.2, -0.15) is 0 Å². The molecule has 0 fully saturated rings. The molecule has 164 valence electrons. The van der Waals surface area contributed by atoms with Crippen molar-refractivity contribution in [2.45, 2.75) is 32.4 Å². The van der Waals surface area contributed by atoms with E-state index in [1.807, 2.05) is 55.5 Å². The Kier molecular flexibility index (Phi) is 4.53. The Morgan fingerprint density at radius 1 is 0.969 bits per heavy atom. The fourth-order valence-corrected chi connectivity index (χ4v) is 4.95. The lowest BCUT2D eigenvalue weighted by Crippen LogP contribution is -2.40. The van der Waals surface area contributed by atoms with E-state index >= 15 is 0 Å². The monoisotopic (exact) mass is 429 g/mol. The smallest absolute Gasteiger partial charge is 0.331 e. The molecule has 5 rings (SSSR count). The quantitative estimate of drug-likeness (QED) is 0.486. The molecule has 0 saturated heterocycles. The molecule has 0 radical (unpaired) electrons. The molecule has 0 N–H and O–H groups in total. The topological polar surface area (TPSA) is 58.2 Å². The lowest BCUT2D eigenvalue weighted by atomic mass is 9.97. The maximum atomic E-state index is 13.5. The van der Waals surface area contributed by atoms with Crippen molar-refractivity contribution >= 4 is 10.9 Å². The second-order valence-electron chi connectivity index (χ2n) is 9.28. The van der Waals surface area contributed by atoms with E-state index in [9.17, 15) is 9.59 Å². The van der Waals surface area contributed by atoms with Crippen LogP contribution < -0.4 is 11.2 Å². The second-order valence-corrected chi connectivity index (χ2v) is 9.28. The van der Waals surface area contributed by atoms with Crippen LogP contribution in [0.4, 0.5) is 0 Å². The first kappa shape index (κ1) is 20.5. The lowest BCUT2D eigenvalue weighted by molar-refractivity contribution is -0.00709. The van der Waals surface area contributed by atoms with Gasteiger partial charge in [-0.15, -0.1) is 0 Å². The highest BCUT2D eigenvalue weighted by atomic mass is 16.5. The van der Waals surface area contributed by atoms with Gasteiger partial charge in [0.15, 0.2) is 0 Å². The Bertz CT molecular complexity index is 1470. The van der Waals surface area contributed by atoms with Gasteiger partial charge in [-0.1, -0.05) is 60.2 Å². The van der Waals surface area contributed by atoms with Gasteiger partial charge >= 0.3 is 5.69 Å². The molecule has 3 heterocycles. The van der Waals surface area contributed by atoms with Crippen LogP contribution in [0.5, 0.6) is 0 Å². The van der Waals surface area contributed by atoms with Crippen molar-refractivity contribution < 1.29 is 4.74 Å². The molecule has 0 spiro atoms. The van der Waals surface area contributed by atoms with E-state index in [2.05, 4.69) is 24.5 Å². The highest BCUT2D eigenvalue weighted by molar-refractivity contribution is 5.96. The summed E-state index contributed by atoms with van der Waals surface area (Å²) >= 11 is 0. The van der Waals surface area contributed by atoms with Gasteiger partial charge in [0.1, 0.15) is 6.10 Å². The van der Waals surface area contributed by atoms with Gasteiger partial charge in [0.2, 0.25) is 0 Å². The standard InChI is InChI=1S/C26H27N3O3/c1-16-10-9-13-18(14-16)23-22-21-19(24(30)28(5)25(31)27(21)4)20(17-11-7-6-8-12-17)29(22)26(2,3)15-32-23/h6-14,23H,15H2,1-5H3/t23-/m0/s1. The van der Waals surface area contributed by atoms with Crippen molar-refractivity contribution in [1.82, 2.24) is 13.7 Å². The highest BCUT2D eigenvalue weighted by Crippen LogP contribution is 2.45. The molecule has 4 aromatic rings. The molecule has 2 aromatic heterocycles. The highest BCUT2D eigenvalue weighted by Gasteiger charge is 2.40. The number of ether oxygens (including phenoxy) is 1. The van der Waals surface area contributed by atoms with E-state index in [-0.39, 0.29) is 17.4 Å². The molecule has 6 heteroatoms. The first-order chi connectivity index (χ1) is 15.2. The number of benzene rings is 2. The van der Waals surface area contributed by atoms with Crippen LogP contribution in [0.15, 0.2) is 64.2 Å².